The molecule has 1 saturated carbocycles. The minimum Gasteiger partial charge on any atom is -0.326 e. The van der Waals surface area contributed by atoms with Gasteiger partial charge in [-0.2, -0.15) is 5.10 Å². The van der Waals surface area contributed by atoms with Crippen molar-refractivity contribution in [2.24, 2.45) is 18.2 Å². The highest BCUT2D eigenvalue weighted by Gasteiger charge is 2.39. The molecule has 2 atom stereocenters. The molecule has 1 spiro atoms. The lowest BCUT2D eigenvalue weighted by molar-refractivity contribution is 0.0650. The van der Waals surface area contributed by atoms with Gasteiger partial charge < -0.3 is 5.73 Å². The smallest absolute Gasteiger partial charge is 0.0538 e. The zero-order chi connectivity index (χ0) is 14.9. The van der Waals surface area contributed by atoms with Crippen molar-refractivity contribution < 1.29 is 0 Å². The average molecular weight is 290 g/mol. The number of hydrogen-bond acceptors (Lipinski definition) is 3. The second kappa shape index (κ2) is 6.09. The molecule has 2 unspecified atom stereocenters. The van der Waals surface area contributed by atoms with Crippen LogP contribution in [0.15, 0.2) is 12.4 Å². The minimum absolute atomic E-state index is 0.201. The molecule has 1 saturated heterocycles. The van der Waals surface area contributed by atoms with E-state index in [0.717, 1.165) is 6.42 Å². The van der Waals surface area contributed by atoms with E-state index in [1.165, 1.54) is 57.2 Å². The van der Waals surface area contributed by atoms with Gasteiger partial charge in [0.2, 0.25) is 0 Å². The molecule has 1 aliphatic heterocycles. The third-order valence-electron chi connectivity index (χ3n) is 5.86. The summed E-state index contributed by atoms with van der Waals surface area (Å²) >= 11 is 0. The molecule has 4 heteroatoms. The summed E-state index contributed by atoms with van der Waals surface area (Å²) in [5, 5.41) is 4.35. The van der Waals surface area contributed by atoms with Crippen molar-refractivity contribution >= 4 is 0 Å². The van der Waals surface area contributed by atoms with Crippen molar-refractivity contribution in [3.05, 3.63) is 18.0 Å². The molecule has 1 aliphatic carbocycles. The van der Waals surface area contributed by atoms with Crippen LogP contribution in [0.3, 0.4) is 0 Å². The zero-order valence-electron chi connectivity index (χ0n) is 13.6. The highest BCUT2D eigenvalue weighted by Crippen LogP contribution is 2.47. The van der Waals surface area contributed by atoms with E-state index >= 15 is 0 Å². The van der Waals surface area contributed by atoms with Crippen molar-refractivity contribution in [3.8, 4) is 0 Å². The molecule has 2 aliphatic rings. The average Bonchev–Trinajstić information content (AvgIpc) is 3.11. The highest BCUT2D eigenvalue weighted by atomic mass is 15.3. The first-order valence-corrected chi connectivity index (χ1v) is 8.62. The highest BCUT2D eigenvalue weighted by molar-refractivity contribution is 5.14. The van der Waals surface area contributed by atoms with E-state index < -0.39 is 0 Å². The van der Waals surface area contributed by atoms with Gasteiger partial charge in [-0.05, 0) is 50.6 Å². The number of aryl methyl sites for hydroxylation is 1. The van der Waals surface area contributed by atoms with Crippen LogP contribution >= 0.6 is 0 Å². The topological polar surface area (TPSA) is 47.1 Å². The summed E-state index contributed by atoms with van der Waals surface area (Å²) in [6.07, 6.45) is 13.7. The van der Waals surface area contributed by atoms with Crippen molar-refractivity contribution in [1.29, 1.82) is 0 Å². The predicted molar refractivity (Wildman–Crippen MR) is 85.9 cm³/mol. The van der Waals surface area contributed by atoms with E-state index in [1.807, 2.05) is 17.9 Å². The molecular weight excluding hydrogens is 260 g/mol. The molecule has 3 rings (SSSR count). The van der Waals surface area contributed by atoms with Crippen LogP contribution in [-0.2, 0) is 7.05 Å². The Balaban J connectivity index is 1.72. The van der Waals surface area contributed by atoms with Gasteiger partial charge in [0.25, 0.3) is 0 Å². The maximum atomic E-state index is 6.46. The Labute approximate surface area is 128 Å². The van der Waals surface area contributed by atoms with Crippen LogP contribution in [0.1, 0.15) is 63.5 Å². The van der Waals surface area contributed by atoms with Crippen LogP contribution < -0.4 is 5.73 Å². The molecule has 2 fully saturated rings. The Bertz CT molecular complexity index is 451. The van der Waals surface area contributed by atoms with Gasteiger partial charge in [0.05, 0.1) is 12.2 Å². The molecule has 118 valence electrons. The molecule has 0 radical (unpaired) electrons. The summed E-state index contributed by atoms with van der Waals surface area (Å²) in [4.78, 5) is 2.62. The lowest BCUT2D eigenvalue weighted by Gasteiger charge is -2.44. The number of hydrogen-bond donors (Lipinski definition) is 1. The van der Waals surface area contributed by atoms with E-state index in [4.69, 9.17) is 5.73 Å². The first kappa shape index (κ1) is 15.0. The molecule has 0 bridgehead atoms. The van der Waals surface area contributed by atoms with Crippen molar-refractivity contribution in [3.63, 3.8) is 0 Å². The fraction of sp³-hybridized carbons (Fsp3) is 0.824. The lowest BCUT2D eigenvalue weighted by Crippen LogP contribution is -2.46. The number of aromatic nitrogens is 2. The number of nitrogens with zero attached hydrogens (tertiary/aromatic N) is 3. The molecule has 1 aromatic rings. The van der Waals surface area contributed by atoms with Crippen LogP contribution in [0.2, 0.25) is 0 Å². The molecule has 1 aromatic heterocycles. The first-order chi connectivity index (χ1) is 10.1. The quantitative estimate of drug-likeness (QED) is 0.927. The lowest BCUT2D eigenvalue weighted by atomic mass is 9.76. The van der Waals surface area contributed by atoms with Crippen molar-refractivity contribution in [1.82, 2.24) is 14.7 Å². The molecule has 4 nitrogen and oxygen atoms in total. The minimum atomic E-state index is 0.201. The number of rotatable bonds is 4. The summed E-state index contributed by atoms with van der Waals surface area (Å²) in [5.74, 6) is 0. The van der Waals surface area contributed by atoms with Crippen LogP contribution in [-0.4, -0.2) is 33.8 Å². The first-order valence-electron chi connectivity index (χ1n) is 8.62. The normalized spacial score (nSPS) is 25.3. The fourth-order valence-electron chi connectivity index (χ4n) is 4.45. The summed E-state index contributed by atoms with van der Waals surface area (Å²) in [7, 11) is 1.99. The molecular formula is C17H30N4. The number of nitrogens with two attached hydrogens (primary N) is 1. The Morgan fingerprint density at radius 2 is 1.90 bits per heavy atom. The Kier molecular flexibility index (Phi) is 4.36. The maximum absolute atomic E-state index is 6.46. The van der Waals surface area contributed by atoms with Crippen LogP contribution in [0.5, 0.6) is 0 Å². The standard InChI is InChI=1S/C17H30N4/c1-3-15(18)16(14-12-19-20(2)13-14)21-10-8-17(9-11-21)6-4-5-7-17/h12-13,15-16H,3-11,18H2,1-2H3. The van der Waals surface area contributed by atoms with E-state index in [0.29, 0.717) is 11.5 Å². The van der Waals surface area contributed by atoms with Gasteiger partial charge in [-0.1, -0.05) is 19.8 Å². The Morgan fingerprint density at radius 3 is 2.43 bits per heavy atom. The van der Waals surface area contributed by atoms with Crippen LogP contribution in [0.4, 0.5) is 0 Å². The predicted octanol–water partition coefficient (Wildman–Crippen LogP) is 2.85. The number of piperidine rings is 1. The third kappa shape index (κ3) is 3.02. The molecule has 2 N–H and O–H groups in total. The third-order valence-corrected chi connectivity index (χ3v) is 5.86. The van der Waals surface area contributed by atoms with E-state index in [2.05, 4.69) is 23.1 Å². The molecule has 2 heterocycles. The maximum Gasteiger partial charge on any atom is 0.0538 e. The SMILES string of the molecule is CCC(N)C(c1cnn(C)c1)N1CCC2(CCCC2)CC1. The van der Waals surface area contributed by atoms with Crippen LogP contribution in [0, 0.1) is 5.41 Å². The monoisotopic (exact) mass is 290 g/mol. The van der Waals surface area contributed by atoms with Crippen LogP contribution in [0.25, 0.3) is 0 Å². The van der Waals surface area contributed by atoms with E-state index in [-0.39, 0.29) is 6.04 Å². The largest absolute Gasteiger partial charge is 0.326 e. The molecule has 0 amide bonds. The van der Waals surface area contributed by atoms with Gasteiger partial charge >= 0.3 is 0 Å². The fourth-order valence-corrected chi connectivity index (χ4v) is 4.45. The second-order valence-electron chi connectivity index (χ2n) is 7.21. The van der Waals surface area contributed by atoms with Crippen molar-refractivity contribution in [2.45, 2.75) is 64.0 Å². The van der Waals surface area contributed by atoms with E-state index in [9.17, 15) is 0 Å². The summed E-state index contributed by atoms with van der Waals surface area (Å²) in [5.41, 5.74) is 8.41. The van der Waals surface area contributed by atoms with Gasteiger partial charge in [-0.25, -0.2) is 0 Å². The Hall–Kier alpha value is -0.870. The summed E-state index contributed by atoms with van der Waals surface area (Å²) < 4.78 is 1.90. The van der Waals surface area contributed by atoms with Crippen molar-refractivity contribution in [2.75, 3.05) is 13.1 Å². The van der Waals surface area contributed by atoms with E-state index in [1.54, 1.807) is 0 Å². The van der Waals surface area contributed by atoms with Gasteiger partial charge in [-0.15, -0.1) is 0 Å². The van der Waals surface area contributed by atoms with Gasteiger partial charge in [0.15, 0.2) is 0 Å². The van der Waals surface area contributed by atoms with Gasteiger partial charge in [0, 0.05) is 24.8 Å². The molecule has 0 aromatic carbocycles. The Morgan fingerprint density at radius 1 is 1.24 bits per heavy atom. The summed E-state index contributed by atoms with van der Waals surface area (Å²) in [6, 6.07) is 0.536. The number of likely N-dealkylation sites (tertiary alicyclic amines) is 1. The summed E-state index contributed by atoms with van der Waals surface area (Å²) in [6.45, 7) is 4.59. The van der Waals surface area contributed by atoms with Gasteiger partial charge in [-0.3, -0.25) is 9.58 Å². The second-order valence-corrected chi connectivity index (χ2v) is 7.21. The zero-order valence-corrected chi connectivity index (χ0v) is 13.6. The van der Waals surface area contributed by atoms with Gasteiger partial charge in [0.1, 0.15) is 0 Å². The molecule has 21 heavy (non-hydrogen) atoms.